The number of aromatic nitrogens is 1. The van der Waals surface area contributed by atoms with Crippen molar-refractivity contribution >= 4 is 11.7 Å². The summed E-state index contributed by atoms with van der Waals surface area (Å²) in [4.78, 5) is 27.5. The number of hydrogen-bond donors (Lipinski definition) is 2. The van der Waals surface area contributed by atoms with Crippen molar-refractivity contribution in [2.75, 3.05) is 13.1 Å². The zero-order valence-electron chi connectivity index (χ0n) is 9.43. The van der Waals surface area contributed by atoms with E-state index in [1.807, 2.05) is 0 Å². The number of ketones is 1. The number of hydrogen-bond acceptors (Lipinski definition) is 4. The van der Waals surface area contributed by atoms with Crippen molar-refractivity contribution in [2.24, 2.45) is 17.6 Å². The average Bonchev–Trinajstić information content (AvgIpc) is 2.83. The molecule has 1 aromatic rings. The molecule has 0 spiro atoms. The zero-order valence-corrected chi connectivity index (χ0v) is 9.43. The van der Waals surface area contributed by atoms with Crippen LogP contribution in [0.15, 0.2) is 24.5 Å². The Morgan fingerprint density at radius 2 is 2.35 bits per heavy atom. The topological polar surface area (TPSA) is 85.1 Å². The molecule has 1 aromatic heterocycles. The summed E-state index contributed by atoms with van der Waals surface area (Å²) in [5, 5.41) is 3.14. The third-order valence-electron chi connectivity index (χ3n) is 3.10. The number of primary amides is 1. The van der Waals surface area contributed by atoms with Crippen molar-refractivity contribution in [1.29, 1.82) is 0 Å². The highest BCUT2D eigenvalue weighted by atomic mass is 16.2. The monoisotopic (exact) mass is 233 g/mol. The first-order chi connectivity index (χ1) is 8.20. The predicted octanol–water partition coefficient (Wildman–Crippen LogP) is -0.0247. The fourth-order valence-corrected chi connectivity index (χ4v) is 2.23. The van der Waals surface area contributed by atoms with Gasteiger partial charge in [-0.05, 0) is 37.6 Å². The molecule has 1 saturated heterocycles. The van der Waals surface area contributed by atoms with Crippen LogP contribution in [0.3, 0.4) is 0 Å². The van der Waals surface area contributed by atoms with Crippen molar-refractivity contribution in [3.63, 3.8) is 0 Å². The molecule has 0 radical (unpaired) electrons. The van der Waals surface area contributed by atoms with Crippen LogP contribution in [0.5, 0.6) is 0 Å². The average molecular weight is 233 g/mol. The van der Waals surface area contributed by atoms with Gasteiger partial charge in [-0.15, -0.1) is 0 Å². The van der Waals surface area contributed by atoms with Gasteiger partial charge in [0.05, 0.1) is 0 Å². The quantitative estimate of drug-likeness (QED) is 0.565. The van der Waals surface area contributed by atoms with Crippen molar-refractivity contribution in [3.8, 4) is 0 Å². The first-order valence-corrected chi connectivity index (χ1v) is 5.64. The van der Waals surface area contributed by atoms with E-state index >= 15 is 0 Å². The molecule has 90 valence electrons. The molecule has 1 amide bonds. The second kappa shape index (κ2) is 5.05. The zero-order chi connectivity index (χ0) is 12.3. The molecule has 0 aromatic carbocycles. The van der Waals surface area contributed by atoms with E-state index in [2.05, 4.69) is 10.3 Å². The number of rotatable bonds is 4. The number of nitrogens with one attached hydrogen (secondary N) is 1. The van der Waals surface area contributed by atoms with Crippen LogP contribution >= 0.6 is 0 Å². The highest BCUT2D eigenvalue weighted by Crippen LogP contribution is 2.22. The Hall–Kier alpha value is -1.75. The van der Waals surface area contributed by atoms with Crippen molar-refractivity contribution in [1.82, 2.24) is 10.3 Å². The summed E-state index contributed by atoms with van der Waals surface area (Å²) in [5.41, 5.74) is 5.79. The lowest BCUT2D eigenvalue weighted by atomic mass is 9.85. The highest BCUT2D eigenvalue weighted by molar-refractivity contribution is 6.09. The van der Waals surface area contributed by atoms with Gasteiger partial charge in [0.2, 0.25) is 5.91 Å². The largest absolute Gasteiger partial charge is 0.369 e. The molecule has 0 bridgehead atoms. The fraction of sp³-hybridized carbons (Fsp3) is 0.417. The molecule has 2 atom stereocenters. The Morgan fingerprint density at radius 1 is 1.53 bits per heavy atom. The summed E-state index contributed by atoms with van der Waals surface area (Å²) in [6.07, 6.45) is 3.87. The van der Waals surface area contributed by atoms with E-state index in [1.165, 1.54) is 6.20 Å². The number of carbonyl (C=O) groups excluding carboxylic acids is 2. The number of Topliss-reactive ketones (excluding diaryl/α,β-unsaturated/α-hetero) is 1. The minimum atomic E-state index is -0.741. The molecule has 2 rings (SSSR count). The first kappa shape index (κ1) is 11.7. The van der Waals surface area contributed by atoms with E-state index in [0.717, 1.165) is 13.0 Å². The Bertz CT molecular complexity index is 413. The fourth-order valence-electron chi connectivity index (χ4n) is 2.23. The SMILES string of the molecule is NC(=O)C(C(=O)c1cccnc1)C1CCNC1. The van der Waals surface area contributed by atoms with Crippen LogP contribution in [0.4, 0.5) is 0 Å². The number of pyridine rings is 1. The summed E-state index contributed by atoms with van der Waals surface area (Å²) in [5.74, 6) is -1.51. The maximum Gasteiger partial charge on any atom is 0.228 e. The van der Waals surface area contributed by atoms with Crippen LogP contribution in [0.1, 0.15) is 16.8 Å². The second-order valence-electron chi connectivity index (χ2n) is 4.24. The van der Waals surface area contributed by atoms with Crippen LogP contribution in [-0.2, 0) is 4.79 Å². The summed E-state index contributed by atoms with van der Waals surface area (Å²) < 4.78 is 0. The maximum absolute atomic E-state index is 12.2. The normalized spacial score (nSPS) is 21.1. The van der Waals surface area contributed by atoms with Gasteiger partial charge in [-0.1, -0.05) is 0 Å². The van der Waals surface area contributed by atoms with E-state index in [-0.39, 0.29) is 11.7 Å². The molecular formula is C12H15N3O2. The first-order valence-electron chi connectivity index (χ1n) is 5.64. The van der Waals surface area contributed by atoms with Crippen LogP contribution in [0.25, 0.3) is 0 Å². The molecule has 2 unspecified atom stereocenters. The summed E-state index contributed by atoms with van der Waals surface area (Å²) in [6.45, 7) is 1.49. The van der Waals surface area contributed by atoms with Gasteiger partial charge in [0.15, 0.2) is 5.78 Å². The number of amides is 1. The highest BCUT2D eigenvalue weighted by Gasteiger charge is 2.35. The molecule has 2 heterocycles. The van der Waals surface area contributed by atoms with Crippen LogP contribution in [-0.4, -0.2) is 29.8 Å². The van der Waals surface area contributed by atoms with Gasteiger partial charge in [-0.2, -0.15) is 0 Å². The third-order valence-corrected chi connectivity index (χ3v) is 3.10. The molecule has 5 heteroatoms. The molecule has 0 saturated carbocycles. The summed E-state index contributed by atoms with van der Waals surface area (Å²) in [7, 11) is 0. The van der Waals surface area contributed by atoms with E-state index in [9.17, 15) is 9.59 Å². The molecule has 17 heavy (non-hydrogen) atoms. The van der Waals surface area contributed by atoms with Gasteiger partial charge in [-0.25, -0.2) is 0 Å². The second-order valence-corrected chi connectivity index (χ2v) is 4.24. The Kier molecular flexibility index (Phi) is 3.49. The molecule has 0 aliphatic carbocycles. The molecule has 1 fully saturated rings. The lowest BCUT2D eigenvalue weighted by Crippen LogP contribution is -2.37. The molecule has 5 nitrogen and oxygen atoms in total. The minimum Gasteiger partial charge on any atom is -0.369 e. The molecular weight excluding hydrogens is 218 g/mol. The molecule has 1 aliphatic rings. The predicted molar refractivity (Wildman–Crippen MR) is 62.2 cm³/mol. The van der Waals surface area contributed by atoms with Gasteiger partial charge < -0.3 is 11.1 Å². The van der Waals surface area contributed by atoms with Gasteiger partial charge in [0.1, 0.15) is 5.92 Å². The molecule has 3 N–H and O–H groups in total. The minimum absolute atomic E-state index is 0.000191. The van der Waals surface area contributed by atoms with Gasteiger partial charge >= 0.3 is 0 Å². The van der Waals surface area contributed by atoms with Gasteiger partial charge in [0, 0.05) is 18.0 Å². The van der Waals surface area contributed by atoms with Crippen molar-refractivity contribution in [2.45, 2.75) is 6.42 Å². The third kappa shape index (κ3) is 2.50. The van der Waals surface area contributed by atoms with Crippen LogP contribution < -0.4 is 11.1 Å². The molecule has 1 aliphatic heterocycles. The summed E-state index contributed by atoms with van der Waals surface area (Å²) >= 11 is 0. The summed E-state index contributed by atoms with van der Waals surface area (Å²) in [6, 6.07) is 3.34. The Balaban J connectivity index is 2.22. The lowest BCUT2D eigenvalue weighted by Gasteiger charge is -2.18. The van der Waals surface area contributed by atoms with Gasteiger partial charge in [0.25, 0.3) is 0 Å². The van der Waals surface area contributed by atoms with E-state index in [1.54, 1.807) is 18.3 Å². The smallest absolute Gasteiger partial charge is 0.228 e. The van der Waals surface area contributed by atoms with Crippen LogP contribution in [0.2, 0.25) is 0 Å². The Morgan fingerprint density at radius 3 is 2.88 bits per heavy atom. The van der Waals surface area contributed by atoms with Gasteiger partial charge in [-0.3, -0.25) is 14.6 Å². The number of carbonyl (C=O) groups is 2. The standard InChI is InChI=1S/C12H15N3O2/c13-12(17)10(8-3-5-15-6-8)11(16)9-2-1-4-14-7-9/h1-2,4,7-8,10,15H,3,5-6H2,(H2,13,17). The van der Waals surface area contributed by atoms with E-state index in [0.29, 0.717) is 12.1 Å². The van der Waals surface area contributed by atoms with Crippen molar-refractivity contribution in [3.05, 3.63) is 30.1 Å². The number of nitrogens with two attached hydrogens (primary N) is 1. The lowest BCUT2D eigenvalue weighted by molar-refractivity contribution is -0.121. The van der Waals surface area contributed by atoms with Crippen molar-refractivity contribution < 1.29 is 9.59 Å². The Labute approximate surface area is 99.4 Å². The maximum atomic E-state index is 12.2. The van der Waals surface area contributed by atoms with Crippen LogP contribution in [0, 0.1) is 11.8 Å². The van der Waals surface area contributed by atoms with E-state index in [4.69, 9.17) is 5.73 Å². The number of nitrogens with zero attached hydrogens (tertiary/aromatic N) is 1. The van der Waals surface area contributed by atoms with E-state index < -0.39 is 11.8 Å².